The fraction of sp³-hybridized carbons (Fsp3) is 0.500. The Balaban J connectivity index is -0.000000405. The van der Waals surface area contributed by atoms with Crippen LogP contribution in [0, 0.1) is 0 Å². The Morgan fingerprint density at radius 1 is 0.917 bits per heavy atom. The van der Waals surface area contributed by atoms with Gasteiger partial charge in [-0.1, -0.05) is 0 Å². The predicted molar refractivity (Wildman–Crippen MR) is 45.8 cm³/mol. The van der Waals surface area contributed by atoms with Crippen LogP contribution < -0.4 is 0 Å². The Bertz CT molecular complexity index is 144. The molecule has 0 aromatic rings. The Hall–Kier alpha value is 1.25. The number of aliphatic hydroxyl groups is 2. The summed E-state index contributed by atoms with van der Waals surface area (Å²) in [4.78, 5) is 19.5. The average molecular weight is 414 g/mol. The number of hydrogen-bond acceptors (Lipinski definition) is 4. The molecule has 0 fully saturated rings. The molecule has 0 rings (SSSR count). The first-order valence-corrected chi connectivity index (χ1v) is 2.28. The van der Waals surface area contributed by atoms with Gasteiger partial charge in [0.15, 0.2) is 12.2 Å². The van der Waals surface area contributed by atoms with E-state index >= 15 is 0 Å². The number of hydrogen-bond donors (Lipinski definition) is 4. The molecule has 8 heteroatoms. The molecule has 0 saturated heterocycles. The second-order valence-electron chi connectivity index (χ2n) is 1.57. The van der Waals surface area contributed by atoms with Gasteiger partial charge in [-0.15, -0.1) is 0 Å². The molecule has 0 heterocycles. The zero-order valence-corrected chi connectivity index (χ0v) is 9.50. The Morgan fingerprint density at radius 3 is 1.17 bits per heavy atom. The molecule has 0 spiro atoms. The minimum atomic E-state index is -2.27. The van der Waals surface area contributed by atoms with Crippen LogP contribution in [0.2, 0.25) is 0 Å². The topological polar surface area (TPSA) is 115 Å². The summed E-state index contributed by atoms with van der Waals surface area (Å²) in [6.45, 7) is 0. The van der Waals surface area contributed by atoms with Crippen LogP contribution in [-0.4, -0.2) is 118 Å². The first-order valence-electron chi connectivity index (χ1n) is 2.28. The molecule has 0 aliphatic carbocycles. The Kier molecular flexibility index (Phi) is 13.9. The zero-order chi connectivity index (χ0) is 8.31. The molecule has 12 heavy (non-hydrogen) atoms. The predicted octanol–water partition coefficient (Wildman–Crippen LogP) is -4.22. The molecular formula is C4H11BaO6Sb. The van der Waals surface area contributed by atoms with Crippen LogP contribution >= 0.6 is 0 Å². The molecule has 0 aliphatic heterocycles. The van der Waals surface area contributed by atoms with E-state index in [0.29, 0.717) is 0 Å². The van der Waals surface area contributed by atoms with Gasteiger partial charge in [-0.2, -0.15) is 0 Å². The number of carboxylic acids is 2. The van der Waals surface area contributed by atoms with E-state index in [4.69, 9.17) is 20.4 Å². The Morgan fingerprint density at radius 2 is 1.08 bits per heavy atom. The summed E-state index contributed by atoms with van der Waals surface area (Å²) in [5.41, 5.74) is 0. The number of aliphatic hydroxyl groups excluding tert-OH is 2. The van der Waals surface area contributed by atoms with Gasteiger partial charge < -0.3 is 20.4 Å². The van der Waals surface area contributed by atoms with Crippen molar-refractivity contribution in [3.8, 4) is 0 Å². The summed E-state index contributed by atoms with van der Waals surface area (Å²) in [7, 11) is 0. The fourth-order valence-electron chi connectivity index (χ4n) is 0.270. The van der Waals surface area contributed by atoms with Crippen molar-refractivity contribution in [3.05, 3.63) is 0 Å². The standard InChI is InChI=1S/C4H6O6.Ba.Sb.5H/c5-1(3(7)8)2(6)4(9)10;;;;;;;/h1-2,5-6H,(H,7,8)(H,9,10);;;;;;;. The van der Waals surface area contributed by atoms with Crippen molar-refractivity contribution in [1.29, 1.82) is 0 Å². The average Bonchev–Trinajstić information content (AvgIpc) is 1.84. The van der Waals surface area contributed by atoms with Crippen molar-refractivity contribution in [3.63, 3.8) is 0 Å². The van der Waals surface area contributed by atoms with Crippen molar-refractivity contribution in [2.24, 2.45) is 0 Å². The van der Waals surface area contributed by atoms with Gasteiger partial charge in [0.2, 0.25) is 0 Å². The summed E-state index contributed by atoms with van der Waals surface area (Å²) in [5, 5.41) is 32.5. The molecule has 6 nitrogen and oxygen atoms in total. The number of aliphatic carboxylic acids is 2. The van der Waals surface area contributed by atoms with Crippen molar-refractivity contribution in [2.75, 3.05) is 0 Å². The maximum absolute atomic E-state index is 9.77. The second-order valence-corrected chi connectivity index (χ2v) is 1.57. The zero-order valence-electron chi connectivity index (χ0n) is 5.47. The fourth-order valence-corrected chi connectivity index (χ4v) is 0.270. The molecule has 0 aromatic heterocycles. The van der Waals surface area contributed by atoms with Crippen LogP contribution in [0.1, 0.15) is 0 Å². The van der Waals surface area contributed by atoms with Gasteiger partial charge >= 0.3 is 85.2 Å². The van der Waals surface area contributed by atoms with E-state index in [1.165, 1.54) is 0 Å². The van der Waals surface area contributed by atoms with E-state index in [-0.39, 0.29) is 73.3 Å². The van der Waals surface area contributed by atoms with E-state index in [9.17, 15) is 9.59 Å². The summed E-state index contributed by atoms with van der Waals surface area (Å²) >= 11 is 0. The molecule has 0 saturated carbocycles. The van der Waals surface area contributed by atoms with Gasteiger partial charge in [-0.3, -0.25) is 0 Å². The summed E-state index contributed by atoms with van der Waals surface area (Å²) in [5.74, 6) is -3.54. The molecule has 0 amide bonds. The third-order valence-electron chi connectivity index (χ3n) is 0.805. The molecule has 70 valence electrons. The molecule has 2 unspecified atom stereocenters. The summed E-state index contributed by atoms with van der Waals surface area (Å²) < 4.78 is 0. The van der Waals surface area contributed by atoms with Gasteiger partial charge in [0.25, 0.3) is 0 Å². The number of rotatable bonds is 3. The van der Waals surface area contributed by atoms with Gasteiger partial charge in [0.05, 0.1) is 0 Å². The van der Waals surface area contributed by atoms with Crippen molar-refractivity contribution >= 4 is 85.2 Å². The van der Waals surface area contributed by atoms with Crippen LogP contribution in [0.5, 0.6) is 0 Å². The number of carbonyl (C=O) groups is 2. The maximum atomic E-state index is 9.77. The first-order chi connectivity index (χ1) is 4.46. The van der Waals surface area contributed by atoms with E-state index in [1.54, 1.807) is 0 Å². The minimum absolute atomic E-state index is 0. The second kappa shape index (κ2) is 8.83. The van der Waals surface area contributed by atoms with Crippen molar-refractivity contribution in [1.82, 2.24) is 0 Å². The molecule has 2 atom stereocenters. The number of carboxylic acid groups (broad SMARTS) is 2. The van der Waals surface area contributed by atoms with Gasteiger partial charge in [0.1, 0.15) is 0 Å². The van der Waals surface area contributed by atoms with E-state index in [1.807, 2.05) is 0 Å². The quantitative estimate of drug-likeness (QED) is 0.348. The SMILES string of the molecule is O=C(O)C(O)C(O)C(=O)O.[BaH2].[SbH3]. The summed E-state index contributed by atoms with van der Waals surface area (Å²) in [6.07, 6.45) is -4.53. The molecule has 0 bridgehead atoms. The summed E-state index contributed by atoms with van der Waals surface area (Å²) in [6, 6.07) is 0. The van der Waals surface area contributed by atoms with Crippen LogP contribution in [-0.2, 0) is 9.59 Å². The third-order valence-corrected chi connectivity index (χ3v) is 0.805. The normalized spacial score (nSPS) is 13.2. The van der Waals surface area contributed by atoms with E-state index in [2.05, 4.69) is 0 Å². The van der Waals surface area contributed by atoms with Gasteiger partial charge in [0, 0.05) is 0 Å². The van der Waals surface area contributed by atoms with Crippen LogP contribution in [0.3, 0.4) is 0 Å². The van der Waals surface area contributed by atoms with E-state index < -0.39 is 24.1 Å². The molecule has 4 N–H and O–H groups in total. The third kappa shape index (κ3) is 6.73. The molecule has 0 aromatic carbocycles. The molecular weight excluding hydrogens is 403 g/mol. The first kappa shape index (κ1) is 18.9. The monoisotopic (exact) mass is 414 g/mol. The van der Waals surface area contributed by atoms with Gasteiger partial charge in [-0.25, -0.2) is 9.59 Å². The Labute approximate surface area is 125 Å². The van der Waals surface area contributed by atoms with Crippen LogP contribution in [0.15, 0.2) is 0 Å². The molecule has 0 radical (unpaired) electrons. The van der Waals surface area contributed by atoms with Crippen LogP contribution in [0.25, 0.3) is 0 Å². The van der Waals surface area contributed by atoms with Gasteiger partial charge in [-0.05, 0) is 0 Å². The van der Waals surface area contributed by atoms with Crippen molar-refractivity contribution in [2.45, 2.75) is 12.2 Å². The van der Waals surface area contributed by atoms with Crippen molar-refractivity contribution < 1.29 is 30.0 Å². The van der Waals surface area contributed by atoms with E-state index in [0.717, 1.165) is 0 Å². The molecule has 0 aliphatic rings. The van der Waals surface area contributed by atoms with Crippen LogP contribution in [0.4, 0.5) is 0 Å².